The fourth-order valence-corrected chi connectivity index (χ4v) is 2.58. The van der Waals surface area contributed by atoms with Crippen LogP contribution in [0.4, 0.5) is 4.79 Å². The van der Waals surface area contributed by atoms with E-state index in [9.17, 15) is 4.79 Å². The molecule has 0 aliphatic carbocycles. The Morgan fingerprint density at radius 1 is 0.864 bits per heavy atom. The molecule has 0 aliphatic heterocycles. The molecule has 0 spiro atoms. The molecule has 0 aromatic heterocycles. The van der Waals surface area contributed by atoms with Gasteiger partial charge in [0.25, 0.3) is 0 Å². The van der Waals surface area contributed by atoms with Gasteiger partial charge in [-0.05, 0) is 39.3 Å². The van der Waals surface area contributed by atoms with Gasteiger partial charge < -0.3 is 9.64 Å². The van der Waals surface area contributed by atoms with E-state index in [1.165, 1.54) is 0 Å². The Morgan fingerprint density at radius 3 is 2.00 bits per heavy atom. The molecule has 0 bridgehead atoms. The number of amides is 1. The van der Waals surface area contributed by atoms with Crippen LogP contribution in [-0.4, -0.2) is 23.1 Å². The van der Waals surface area contributed by atoms with Gasteiger partial charge in [-0.3, -0.25) is 0 Å². The van der Waals surface area contributed by atoms with Crippen molar-refractivity contribution in [1.82, 2.24) is 4.90 Å². The average molecular weight is 297 g/mol. The Kier molecular flexibility index (Phi) is 5.21. The summed E-state index contributed by atoms with van der Waals surface area (Å²) in [7, 11) is 0. The van der Waals surface area contributed by atoms with Gasteiger partial charge >= 0.3 is 6.09 Å². The number of hydrogen-bond acceptors (Lipinski definition) is 2. The van der Waals surface area contributed by atoms with Gasteiger partial charge in [-0.25, -0.2) is 4.79 Å². The highest BCUT2D eigenvalue weighted by Crippen LogP contribution is 2.30. The van der Waals surface area contributed by atoms with E-state index >= 15 is 0 Å². The Morgan fingerprint density at radius 2 is 1.41 bits per heavy atom. The molecule has 3 heteroatoms. The van der Waals surface area contributed by atoms with Gasteiger partial charge in [-0.2, -0.15) is 0 Å². The molecule has 2 aromatic carbocycles. The Balaban J connectivity index is 2.29. The van der Waals surface area contributed by atoms with Crippen molar-refractivity contribution in [3.8, 4) is 16.9 Å². The topological polar surface area (TPSA) is 29.5 Å². The quantitative estimate of drug-likeness (QED) is 0.797. The smallest absolute Gasteiger partial charge is 0.410 e. The molecule has 2 rings (SSSR count). The Hall–Kier alpha value is -2.29. The molecule has 0 N–H and O–H groups in total. The van der Waals surface area contributed by atoms with Crippen LogP contribution in [0.2, 0.25) is 0 Å². The molecule has 0 saturated carbocycles. The van der Waals surface area contributed by atoms with Crippen LogP contribution >= 0.6 is 0 Å². The van der Waals surface area contributed by atoms with E-state index in [0.29, 0.717) is 5.75 Å². The minimum absolute atomic E-state index is 0.0939. The monoisotopic (exact) mass is 297 g/mol. The lowest BCUT2D eigenvalue weighted by atomic mass is 10.1. The number of ether oxygens (including phenoxy) is 1. The predicted molar refractivity (Wildman–Crippen MR) is 90.0 cm³/mol. The third kappa shape index (κ3) is 3.67. The first kappa shape index (κ1) is 16.1. The van der Waals surface area contributed by atoms with Gasteiger partial charge in [0.15, 0.2) is 0 Å². The van der Waals surface area contributed by atoms with E-state index < -0.39 is 0 Å². The van der Waals surface area contributed by atoms with Crippen molar-refractivity contribution in [3.05, 3.63) is 54.6 Å². The predicted octanol–water partition coefficient (Wildman–Crippen LogP) is 4.97. The van der Waals surface area contributed by atoms with Gasteiger partial charge in [0.2, 0.25) is 0 Å². The van der Waals surface area contributed by atoms with E-state index in [2.05, 4.69) is 0 Å². The molecule has 0 unspecified atom stereocenters. The first-order valence-electron chi connectivity index (χ1n) is 7.65. The van der Waals surface area contributed by atoms with Crippen LogP contribution in [0.1, 0.15) is 27.7 Å². The van der Waals surface area contributed by atoms with Crippen molar-refractivity contribution in [1.29, 1.82) is 0 Å². The van der Waals surface area contributed by atoms with Crippen LogP contribution < -0.4 is 4.74 Å². The minimum Gasteiger partial charge on any atom is -0.410 e. The first-order chi connectivity index (χ1) is 10.5. The second-order valence-electron chi connectivity index (χ2n) is 5.82. The molecule has 3 nitrogen and oxygen atoms in total. The lowest BCUT2D eigenvalue weighted by molar-refractivity contribution is 0.123. The highest BCUT2D eigenvalue weighted by atomic mass is 16.6. The summed E-state index contributed by atoms with van der Waals surface area (Å²) < 4.78 is 5.67. The molecule has 0 atom stereocenters. The van der Waals surface area contributed by atoms with Gasteiger partial charge in [-0.15, -0.1) is 0 Å². The standard InChI is InChI=1S/C19H23NO2/c1-14(2)20(15(3)4)19(21)22-18-13-9-8-12-17(18)16-10-6-5-7-11-16/h5-15H,1-4H3. The fraction of sp³-hybridized carbons (Fsp3) is 0.316. The summed E-state index contributed by atoms with van der Waals surface area (Å²) in [5.41, 5.74) is 1.95. The third-order valence-corrected chi connectivity index (χ3v) is 3.49. The van der Waals surface area contributed by atoms with E-state index in [4.69, 9.17) is 4.74 Å². The highest BCUT2D eigenvalue weighted by molar-refractivity contribution is 5.77. The highest BCUT2D eigenvalue weighted by Gasteiger charge is 2.23. The average Bonchev–Trinajstić information content (AvgIpc) is 2.48. The zero-order valence-electron chi connectivity index (χ0n) is 13.6. The number of rotatable bonds is 4. The fourth-order valence-electron chi connectivity index (χ4n) is 2.58. The van der Waals surface area contributed by atoms with Crippen LogP contribution in [0.25, 0.3) is 11.1 Å². The number of benzene rings is 2. The summed E-state index contributed by atoms with van der Waals surface area (Å²) in [5.74, 6) is 0.588. The van der Waals surface area contributed by atoms with Crippen molar-refractivity contribution in [3.63, 3.8) is 0 Å². The van der Waals surface area contributed by atoms with Crippen molar-refractivity contribution < 1.29 is 9.53 Å². The summed E-state index contributed by atoms with van der Waals surface area (Å²) >= 11 is 0. The maximum absolute atomic E-state index is 12.5. The molecule has 0 heterocycles. The molecular formula is C19H23NO2. The Bertz CT molecular complexity index is 612. The van der Waals surface area contributed by atoms with Crippen LogP contribution in [0.5, 0.6) is 5.75 Å². The number of carbonyl (C=O) groups excluding carboxylic acids is 1. The molecule has 22 heavy (non-hydrogen) atoms. The van der Waals surface area contributed by atoms with E-state index in [1.807, 2.05) is 82.3 Å². The molecule has 0 saturated heterocycles. The minimum atomic E-state index is -0.312. The molecule has 0 aliphatic rings. The summed E-state index contributed by atoms with van der Waals surface area (Å²) in [5, 5.41) is 0. The normalized spacial score (nSPS) is 10.8. The molecule has 2 aromatic rings. The second kappa shape index (κ2) is 7.12. The van der Waals surface area contributed by atoms with E-state index in [-0.39, 0.29) is 18.2 Å². The number of nitrogens with zero attached hydrogens (tertiary/aromatic N) is 1. The van der Waals surface area contributed by atoms with Gasteiger partial charge in [-0.1, -0.05) is 48.5 Å². The second-order valence-corrected chi connectivity index (χ2v) is 5.82. The van der Waals surface area contributed by atoms with E-state index in [1.54, 1.807) is 4.90 Å². The lowest BCUT2D eigenvalue weighted by Crippen LogP contribution is -2.43. The number of para-hydroxylation sites is 1. The van der Waals surface area contributed by atoms with Gasteiger partial charge in [0, 0.05) is 17.6 Å². The molecular weight excluding hydrogens is 274 g/mol. The summed E-state index contributed by atoms with van der Waals surface area (Å²) in [6.45, 7) is 7.96. The van der Waals surface area contributed by atoms with Crippen molar-refractivity contribution >= 4 is 6.09 Å². The maximum atomic E-state index is 12.5. The number of carbonyl (C=O) groups is 1. The number of hydrogen-bond donors (Lipinski definition) is 0. The van der Waals surface area contributed by atoms with Gasteiger partial charge in [0.05, 0.1) is 0 Å². The molecule has 116 valence electrons. The molecule has 0 fully saturated rings. The van der Waals surface area contributed by atoms with Crippen molar-refractivity contribution in [2.24, 2.45) is 0 Å². The molecule has 0 radical (unpaired) electrons. The maximum Gasteiger partial charge on any atom is 0.415 e. The van der Waals surface area contributed by atoms with E-state index in [0.717, 1.165) is 11.1 Å². The lowest BCUT2D eigenvalue weighted by Gasteiger charge is -2.29. The van der Waals surface area contributed by atoms with Crippen LogP contribution in [0.15, 0.2) is 54.6 Å². The SMILES string of the molecule is CC(C)N(C(=O)Oc1ccccc1-c1ccccc1)C(C)C. The first-order valence-corrected chi connectivity index (χ1v) is 7.65. The van der Waals surface area contributed by atoms with Crippen LogP contribution in [0, 0.1) is 0 Å². The van der Waals surface area contributed by atoms with Crippen LogP contribution in [0.3, 0.4) is 0 Å². The summed E-state index contributed by atoms with van der Waals surface area (Å²) in [4.78, 5) is 14.2. The largest absolute Gasteiger partial charge is 0.415 e. The zero-order chi connectivity index (χ0) is 16.1. The van der Waals surface area contributed by atoms with Crippen LogP contribution in [-0.2, 0) is 0 Å². The molecule has 1 amide bonds. The van der Waals surface area contributed by atoms with Crippen molar-refractivity contribution in [2.75, 3.05) is 0 Å². The van der Waals surface area contributed by atoms with Gasteiger partial charge in [0.1, 0.15) is 5.75 Å². The summed E-state index contributed by atoms with van der Waals surface area (Å²) in [6, 6.07) is 17.7. The Labute approximate surface area is 132 Å². The van der Waals surface area contributed by atoms with Crippen molar-refractivity contribution in [2.45, 2.75) is 39.8 Å². The zero-order valence-corrected chi connectivity index (χ0v) is 13.6. The summed E-state index contributed by atoms with van der Waals surface area (Å²) in [6.07, 6.45) is -0.312. The third-order valence-electron chi connectivity index (χ3n) is 3.49.